The molecule has 0 aliphatic heterocycles. The van der Waals surface area contributed by atoms with Crippen molar-refractivity contribution >= 4 is 28.3 Å². The predicted molar refractivity (Wildman–Crippen MR) is 78.5 cm³/mol. The van der Waals surface area contributed by atoms with Crippen LogP contribution in [0.25, 0.3) is 0 Å². The van der Waals surface area contributed by atoms with Crippen LogP contribution in [0.1, 0.15) is 31.4 Å². The Morgan fingerprint density at radius 1 is 1.50 bits per heavy atom. The number of nitrogens with two attached hydrogens (primary N) is 1. The summed E-state index contributed by atoms with van der Waals surface area (Å²) in [4.78, 5) is 2.31. The van der Waals surface area contributed by atoms with Crippen LogP contribution in [0.5, 0.6) is 0 Å². The molecule has 0 heterocycles. The maximum Gasteiger partial charge on any atom is 0.142 e. The number of nitrogens with zero attached hydrogens (tertiary/aromatic N) is 1. The highest BCUT2D eigenvalue weighted by atomic mass is 79.9. The summed E-state index contributed by atoms with van der Waals surface area (Å²) in [5.41, 5.74) is 6.38. The average Bonchev–Trinajstić information content (AvgIpc) is 3.13. The molecule has 2 rings (SSSR count). The summed E-state index contributed by atoms with van der Waals surface area (Å²) >= 11 is 3.24. The van der Waals surface area contributed by atoms with E-state index >= 15 is 0 Å². The molecule has 102 valence electrons. The monoisotopic (exact) mass is 336 g/mol. The third kappa shape index (κ3) is 3.44. The molecule has 0 spiro atoms. The molecule has 1 aromatic rings. The minimum absolute atomic E-state index is 0. The van der Waals surface area contributed by atoms with Gasteiger partial charge in [-0.1, -0.05) is 12.1 Å². The first-order valence-electron chi connectivity index (χ1n) is 6.05. The summed E-state index contributed by atoms with van der Waals surface area (Å²) in [7, 11) is 0. The topological polar surface area (TPSA) is 29.3 Å². The van der Waals surface area contributed by atoms with Crippen molar-refractivity contribution in [2.75, 3.05) is 13.1 Å². The molecule has 1 fully saturated rings. The first-order valence-corrected chi connectivity index (χ1v) is 6.84. The van der Waals surface area contributed by atoms with E-state index in [1.807, 2.05) is 12.1 Å². The van der Waals surface area contributed by atoms with Gasteiger partial charge in [-0.15, -0.1) is 12.4 Å². The second-order valence-corrected chi connectivity index (χ2v) is 5.43. The largest absolute Gasteiger partial charge is 0.329 e. The Morgan fingerprint density at radius 3 is 2.72 bits per heavy atom. The second kappa shape index (κ2) is 6.85. The predicted octanol–water partition coefficient (Wildman–Crippen LogP) is 3.49. The highest BCUT2D eigenvalue weighted by molar-refractivity contribution is 9.10. The molecule has 5 heteroatoms. The lowest BCUT2D eigenvalue weighted by Crippen LogP contribution is -2.34. The fraction of sp³-hybridized carbons (Fsp3) is 0.538. The van der Waals surface area contributed by atoms with Gasteiger partial charge in [0.2, 0.25) is 0 Å². The number of hydrogen-bond acceptors (Lipinski definition) is 2. The van der Waals surface area contributed by atoms with Crippen LogP contribution in [-0.2, 0) is 0 Å². The lowest BCUT2D eigenvalue weighted by atomic mass is 10.1. The van der Waals surface area contributed by atoms with Crippen LogP contribution in [-0.4, -0.2) is 24.0 Å². The Bertz CT molecular complexity index is 399. The molecule has 0 radical (unpaired) electrons. The molecule has 1 aliphatic carbocycles. The Morgan fingerprint density at radius 2 is 2.17 bits per heavy atom. The van der Waals surface area contributed by atoms with E-state index in [2.05, 4.69) is 27.8 Å². The molecule has 0 saturated heterocycles. The third-order valence-electron chi connectivity index (χ3n) is 3.33. The van der Waals surface area contributed by atoms with Gasteiger partial charge in [-0.25, -0.2) is 4.39 Å². The summed E-state index contributed by atoms with van der Waals surface area (Å²) in [5, 5.41) is 0. The Labute approximate surface area is 122 Å². The minimum atomic E-state index is -0.150. The second-order valence-electron chi connectivity index (χ2n) is 4.58. The molecule has 2 N–H and O–H groups in total. The molecule has 1 aromatic carbocycles. The number of benzene rings is 1. The normalized spacial score (nSPS) is 16.5. The highest BCUT2D eigenvalue weighted by Crippen LogP contribution is 2.35. The Balaban J connectivity index is 0.00000162. The number of halogens is 3. The van der Waals surface area contributed by atoms with Crippen molar-refractivity contribution in [2.45, 2.75) is 31.8 Å². The van der Waals surface area contributed by atoms with Crippen molar-refractivity contribution in [3.63, 3.8) is 0 Å². The summed E-state index contributed by atoms with van der Waals surface area (Å²) < 4.78 is 14.6. The van der Waals surface area contributed by atoms with Gasteiger partial charge in [-0.2, -0.15) is 0 Å². The van der Waals surface area contributed by atoms with Crippen LogP contribution >= 0.6 is 28.3 Å². The van der Waals surface area contributed by atoms with Crippen molar-refractivity contribution in [1.82, 2.24) is 4.90 Å². The van der Waals surface area contributed by atoms with Crippen molar-refractivity contribution < 1.29 is 4.39 Å². The molecule has 1 unspecified atom stereocenters. The summed E-state index contributed by atoms with van der Waals surface area (Å²) in [6, 6.07) is 6.15. The summed E-state index contributed by atoms with van der Waals surface area (Å²) in [6.07, 6.45) is 2.42. The Kier molecular flexibility index (Phi) is 6.05. The molecule has 0 bridgehead atoms. The van der Waals surface area contributed by atoms with Gasteiger partial charge in [0.25, 0.3) is 0 Å². The van der Waals surface area contributed by atoms with Crippen LogP contribution in [0.4, 0.5) is 4.39 Å². The SMILES string of the molecule is CC(c1cccc(Br)c1F)N(CCN)C1CC1.Cl. The van der Waals surface area contributed by atoms with E-state index in [0.717, 1.165) is 12.1 Å². The standard InChI is InChI=1S/C13H18BrFN2.ClH/c1-9(17(8-7-16)10-5-6-10)11-3-2-4-12(14)13(11)15;/h2-4,9-10H,5-8,16H2,1H3;1H. The maximum absolute atomic E-state index is 14.0. The molecule has 18 heavy (non-hydrogen) atoms. The van der Waals surface area contributed by atoms with Gasteiger partial charge in [0, 0.05) is 30.7 Å². The van der Waals surface area contributed by atoms with Crippen LogP contribution in [0.15, 0.2) is 22.7 Å². The van der Waals surface area contributed by atoms with Gasteiger partial charge in [-0.05, 0) is 41.8 Å². The van der Waals surface area contributed by atoms with E-state index < -0.39 is 0 Å². The average molecular weight is 338 g/mol. The zero-order chi connectivity index (χ0) is 12.4. The first-order chi connectivity index (χ1) is 8.15. The van der Waals surface area contributed by atoms with E-state index in [-0.39, 0.29) is 24.3 Å². The minimum Gasteiger partial charge on any atom is -0.329 e. The van der Waals surface area contributed by atoms with Gasteiger partial charge in [0.05, 0.1) is 4.47 Å². The lowest BCUT2D eigenvalue weighted by Gasteiger charge is -2.29. The van der Waals surface area contributed by atoms with Gasteiger partial charge >= 0.3 is 0 Å². The molecule has 2 nitrogen and oxygen atoms in total. The highest BCUT2D eigenvalue weighted by Gasteiger charge is 2.33. The zero-order valence-corrected chi connectivity index (χ0v) is 12.8. The molecule has 0 amide bonds. The van der Waals surface area contributed by atoms with E-state index in [1.54, 1.807) is 6.07 Å². The molecule has 1 saturated carbocycles. The summed E-state index contributed by atoms with van der Waals surface area (Å²) in [6.45, 7) is 3.51. The van der Waals surface area contributed by atoms with Gasteiger partial charge in [0.1, 0.15) is 5.82 Å². The number of rotatable bonds is 5. The lowest BCUT2D eigenvalue weighted by molar-refractivity contribution is 0.202. The molecule has 0 aromatic heterocycles. The van der Waals surface area contributed by atoms with E-state index in [9.17, 15) is 4.39 Å². The van der Waals surface area contributed by atoms with Crippen molar-refractivity contribution in [2.24, 2.45) is 5.73 Å². The van der Waals surface area contributed by atoms with Crippen LogP contribution in [0, 0.1) is 5.82 Å². The molecule has 1 atom stereocenters. The van der Waals surface area contributed by atoms with Crippen LogP contribution in [0.3, 0.4) is 0 Å². The third-order valence-corrected chi connectivity index (χ3v) is 3.94. The summed E-state index contributed by atoms with van der Waals surface area (Å²) in [5.74, 6) is -0.150. The fourth-order valence-corrected chi connectivity index (χ4v) is 2.65. The van der Waals surface area contributed by atoms with Crippen molar-refractivity contribution in [3.8, 4) is 0 Å². The van der Waals surface area contributed by atoms with E-state index in [1.165, 1.54) is 12.8 Å². The smallest absolute Gasteiger partial charge is 0.142 e. The van der Waals surface area contributed by atoms with Gasteiger partial charge < -0.3 is 5.73 Å². The maximum atomic E-state index is 14.0. The zero-order valence-electron chi connectivity index (χ0n) is 10.4. The van der Waals surface area contributed by atoms with Crippen LogP contribution < -0.4 is 5.73 Å². The Hall–Kier alpha value is -0.160. The van der Waals surface area contributed by atoms with E-state index in [4.69, 9.17) is 5.73 Å². The quantitative estimate of drug-likeness (QED) is 0.891. The molecule has 1 aliphatic rings. The van der Waals surface area contributed by atoms with Crippen molar-refractivity contribution in [3.05, 3.63) is 34.1 Å². The number of hydrogen-bond donors (Lipinski definition) is 1. The van der Waals surface area contributed by atoms with Gasteiger partial charge in [-0.3, -0.25) is 4.90 Å². The first kappa shape index (κ1) is 15.9. The molecular formula is C13H19BrClFN2. The fourth-order valence-electron chi connectivity index (χ4n) is 2.27. The van der Waals surface area contributed by atoms with Crippen molar-refractivity contribution in [1.29, 1.82) is 0 Å². The van der Waals surface area contributed by atoms with Gasteiger partial charge in [0.15, 0.2) is 0 Å². The molecular weight excluding hydrogens is 319 g/mol. The van der Waals surface area contributed by atoms with Crippen LogP contribution in [0.2, 0.25) is 0 Å². The van der Waals surface area contributed by atoms with E-state index in [0.29, 0.717) is 17.1 Å².